The van der Waals surface area contributed by atoms with E-state index in [0.29, 0.717) is 54.9 Å². The Bertz CT molecular complexity index is 1200. The number of ether oxygens (including phenoxy) is 5. The first-order chi connectivity index (χ1) is 17.1. The Kier molecular flexibility index (Phi) is 6.42. The molecule has 0 N–H and O–H groups in total. The van der Waals surface area contributed by atoms with Crippen LogP contribution in [0.3, 0.4) is 0 Å². The van der Waals surface area contributed by atoms with Gasteiger partial charge in [-0.3, -0.25) is 4.79 Å². The second kappa shape index (κ2) is 9.96. The van der Waals surface area contributed by atoms with Gasteiger partial charge in [0.1, 0.15) is 17.2 Å². The normalized spacial score (nSPS) is 14.6. The van der Waals surface area contributed by atoms with Crippen molar-refractivity contribution in [3.05, 3.63) is 48.5 Å². The van der Waals surface area contributed by atoms with Gasteiger partial charge in [-0.25, -0.2) is 0 Å². The molecule has 2 aliphatic rings. The summed E-state index contributed by atoms with van der Waals surface area (Å²) in [5, 5.41) is 8.82. The summed E-state index contributed by atoms with van der Waals surface area (Å²) in [6, 6.07) is 14.7. The Morgan fingerprint density at radius 2 is 1.69 bits per heavy atom. The van der Waals surface area contributed by atoms with Crippen molar-refractivity contribution in [2.24, 2.45) is 0 Å². The first-order valence-electron chi connectivity index (χ1n) is 11.3. The lowest BCUT2D eigenvalue weighted by atomic mass is 10.1. The van der Waals surface area contributed by atoms with Gasteiger partial charge in [0.15, 0.2) is 23.9 Å². The van der Waals surface area contributed by atoms with E-state index in [2.05, 4.69) is 15.1 Å². The predicted molar refractivity (Wildman–Crippen MR) is 127 cm³/mol. The van der Waals surface area contributed by atoms with Crippen molar-refractivity contribution in [2.75, 3.05) is 58.7 Å². The number of piperazine rings is 1. The molecule has 182 valence electrons. The molecule has 35 heavy (non-hydrogen) atoms. The molecule has 1 fully saturated rings. The minimum atomic E-state index is -0.0612. The molecule has 10 heteroatoms. The summed E-state index contributed by atoms with van der Waals surface area (Å²) in [6.07, 6.45) is 0. The summed E-state index contributed by atoms with van der Waals surface area (Å²) in [6.45, 7) is 2.65. The maximum atomic E-state index is 12.6. The monoisotopic (exact) mass is 478 g/mol. The summed E-state index contributed by atoms with van der Waals surface area (Å²) < 4.78 is 27.1. The zero-order valence-electron chi connectivity index (χ0n) is 19.6. The van der Waals surface area contributed by atoms with Crippen LogP contribution in [0.5, 0.6) is 28.7 Å². The Balaban J connectivity index is 1.16. The van der Waals surface area contributed by atoms with Gasteiger partial charge in [-0.1, -0.05) is 0 Å². The van der Waals surface area contributed by atoms with Crippen molar-refractivity contribution in [1.29, 1.82) is 0 Å². The Morgan fingerprint density at radius 3 is 2.43 bits per heavy atom. The fourth-order valence-corrected chi connectivity index (χ4v) is 4.04. The largest absolute Gasteiger partial charge is 0.497 e. The molecule has 10 nitrogen and oxygen atoms in total. The molecule has 5 rings (SSSR count). The topological polar surface area (TPSA) is 95.5 Å². The summed E-state index contributed by atoms with van der Waals surface area (Å²) in [5.41, 5.74) is 1.50. The molecule has 0 unspecified atom stereocenters. The van der Waals surface area contributed by atoms with Crippen LogP contribution in [-0.4, -0.2) is 74.8 Å². The number of amides is 1. The zero-order valence-corrected chi connectivity index (χ0v) is 19.6. The minimum Gasteiger partial charge on any atom is -0.497 e. The van der Waals surface area contributed by atoms with Gasteiger partial charge in [0.2, 0.25) is 6.79 Å². The summed E-state index contributed by atoms with van der Waals surface area (Å²) in [5.74, 6) is 3.99. The second-order valence-corrected chi connectivity index (χ2v) is 8.01. The number of hydrogen-bond acceptors (Lipinski definition) is 9. The van der Waals surface area contributed by atoms with Gasteiger partial charge in [0.05, 0.1) is 19.9 Å². The van der Waals surface area contributed by atoms with Crippen molar-refractivity contribution in [1.82, 2.24) is 15.1 Å². The maximum Gasteiger partial charge on any atom is 0.260 e. The van der Waals surface area contributed by atoms with E-state index in [9.17, 15) is 4.79 Å². The summed E-state index contributed by atoms with van der Waals surface area (Å²) in [7, 11) is 3.24. The number of anilines is 1. The van der Waals surface area contributed by atoms with Gasteiger partial charge in [-0.2, -0.15) is 0 Å². The number of nitrogens with zero attached hydrogens (tertiary/aromatic N) is 4. The third-order valence-electron chi connectivity index (χ3n) is 6.00. The molecule has 1 saturated heterocycles. The molecule has 0 aliphatic carbocycles. The average molecular weight is 479 g/mol. The summed E-state index contributed by atoms with van der Waals surface area (Å²) in [4.78, 5) is 16.6. The molecule has 0 radical (unpaired) electrons. The number of hydrogen-bond donors (Lipinski definition) is 0. The fraction of sp³-hybridized carbons (Fsp3) is 0.320. The van der Waals surface area contributed by atoms with E-state index in [4.69, 9.17) is 23.7 Å². The van der Waals surface area contributed by atoms with E-state index in [-0.39, 0.29) is 19.3 Å². The lowest BCUT2D eigenvalue weighted by Gasteiger charge is -2.35. The van der Waals surface area contributed by atoms with Gasteiger partial charge in [0, 0.05) is 37.8 Å². The van der Waals surface area contributed by atoms with Gasteiger partial charge < -0.3 is 33.5 Å². The third kappa shape index (κ3) is 4.86. The van der Waals surface area contributed by atoms with Crippen molar-refractivity contribution < 1.29 is 28.5 Å². The van der Waals surface area contributed by atoms with E-state index in [1.165, 1.54) is 0 Å². The van der Waals surface area contributed by atoms with E-state index >= 15 is 0 Å². The van der Waals surface area contributed by atoms with Crippen LogP contribution >= 0.6 is 0 Å². The van der Waals surface area contributed by atoms with Gasteiger partial charge in [-0.05, 0) is 42.5 Å². The van der Waals surface area contributed by atoms with Gasteiger partial charge in [0.25, 0.3) is 5.91 Å². The van der Waals surface area contributed by atoms with Crippen molar-refractivity contribution in [3.8, 4) is 40.0 Å². The number of carbonyl (C=O) groups excluding carboxylic acids is 1. The zero-order chi connectivity index (χ0) is 24.2. The molecule has 1 amide bonds. The molecule has 2 aromatic carbocycles. The van der Waals surface area contributed by atoms with Crippen molar-refractivity contribution in [2.45, 2.75) is 0 Å². The molecule has 3 aromatic rings. The van der Waals surface area contributed by atoms with Crippen LogP contribution in [0.2, 0.25) is 0 Å². The van der Waals surface area contributed by atoms with Crippen LogP contribution in [0.1, 0.15) is 0 Å². The highest BCUT2D eigenvalue weighted by Gasteiger charge is 2.23. The van der Waals surface area contributed by atoms with Crippen molar-refractivity contribution >= 4 is 11.7 Å². The van der Waals surface area contributed by atoms with Crippen LogP contribution < -0.4 is 28.6 Å². The Morgan fingerprint density at radius 1 is 0.886 bits per heavy atom. The molecule has 0 saturated carbocycles. The Labute approximate surface area is 202 Å². The predicted octanol–water partition coefficient (Wildman–Crippen LogP) is 2.62. The van der Waals surface area contributed by atoms with E-state index in [0.717, 1.165) is 17.1 Å². The lowest BCUT2D eigenvalue weighted by Crippen LogP contribution is -2.50. The highest BCUT2D eigenvalue weighted by atomic mass is 16.7. The SMILES string of the molecule is COc1ccc(OC)c(-c2ccc(N3CCN(C(=O)COc4ccc5c(c4)OCO5)CC3)nn2)c1. The molecule has 0 spiro atoms. The second-order valence-electron chi connectivity index (χ2n) is 8.01. The quantitative estimate of drug-likeness (QED) is 0.508. The van der Waals surface area contributed by atoms with E-state index in [1.54, 1.807) is 37.3 Å². The molecule has 1 aromatic heterocycles. The number of aromatic nitrogens is 2. The fourth-order valence-electron chi connectivity index (χ4n) is 4.04. The highest BCUT2D eigenvalue weighted by molar-refractivity contribution is 5.78. The molecule has 3 heterocycles. The third-order valence-corrected chi connectivity index (χ3v) is 6.00. The van der Waals surface area contributed by atoms with Crippen molar-refractivity contribution in [3.63, 3.8) is 0 Å². The number of benzene rings is 2. The molecular formula is C25H26N4O6. The standard InChI is InChI=1S/C25H26N4O6/c1-31-17-3-6-21(32-2)19(13-17)20-5-8-24(27-26-20)28-9-11-29(12-10-28)25(30)15-33-18-4-7-22-23(14-18)35-16-34-22/h3-8,13-14H,9-12,15-16H2,1-2H3. The first kappa shape index (κ1) is 22.6. The average Bonchev–Trinajstić information content (AvgIpc) is 3.39. The van der Waals surface area contributed by atoms with Crippen LogP contribution in [0.4, 0.5) is 5.82 Å². The van der Waals surface area contributed by atoms with Gasteiger partial charge in [-0.15, -0.1) is 10.2 Å². The first-order valence-corrected chi connectivity index (χ1v) is 11.3. The number of fused-ring (bicyclic) bond motifs is 1. The number of methoxy groups -OCH3 is 2. The molecule has 0 bridgehead atoms. The van der Waals surface area contributed by atoms with E-state index < -0.39 is 0 Å². The van der Waals surface area contributed by atoms with Gasteiger partial charge >= 0.3 is 0 Å². The molecule has 0 atom stereocenters. The molecular weight excluding hydrogens is 452 g/mol. The maximum absolute atomic E-state index is 12.6. The summed E-state index contributed by atoms with van der Waals surface area (Å²) >= 11 is 0. The number of rotatable bonds is 7. The van der Waals surface area contributed by atoms with Crippen LogP contribution in [0.15, 0.2) is 48.5 Å². The van der Waals surface area contributed by atoms with Crippen LogP contribution in [0.25, 0.3) is 11.3 Å². The van der Waals surface area contributed by atoms with Crippen LogP contribution in [0, 0.1) is 0 Å². The number of carbonyl (C=O) groups is 1. The molecule has 2 aliphatic heterocycles. The van der Waals surface area contributed by atoms with E-state index in [1.807, 2.05) is 30.3 Å². The Hall–Kier alpha value is -4.21. The highest BCUT2D eigenvalue weighted by Crippen LogP contribution is 2.35. The van der Waals surface area contributed by atoms with Crippen LogP contribution in [-0.2, 0) is 4.79 Å². The minimum absolute atomic E-state index is 0.0312. The lowest BCUT2D eigenvalue weighted by molar-refractivity contribution is -0.133. The smallest absolute Gasteiger partial charge is 0.260 e.